The first-order chi connectivity index (χ1) is 7.74. The molecule has 0 radical (unpaired) electrons. The number of amides is 1. The van der Waals surface area contributed by atoms with E-state index in [9.17, 15) is 4.79 Å². The molecule has 16 heavy (non-hydrogen) atoms. The van der Waals surface area contributed by atoms with E-state index in [1.54, 1.807) is 11.3 Å². The van der Waals surface area contributed by atoms with Crippen molar-refractivity contribution in [1.29, 1.82) is 0 Å². The Kier molecular flexibility index (Phi) is 3.52. The summed E-state index contributed by atoms with van der Waals surface area (Å²) in [7, 11) is 1.47. The zero-order chi connectivity index (χ0) is 11.5. The lowest BCUT2D eigenvalue weighted by Gasteiger charge is -2.11. The number of anilines is 1. The second kappa shape index (κ2) is 4.90. The lowest BCUT2D eigenvalue weighted by atomic mass is 10.3. The van der Waals surface area contributed by atoms with Crippen LogP contribution in [0.1, 0.15) is 17.0 Å². The Morgan fingerprint density at radius 2 is 2.50 bits per heavy atom. The van der Waals surface area contributed by atoms with E-state index >= 15 is 0 Å². The van der Waals surface area contributed by atoms with Crippen LogP contribution in [0.5, 0.6) is 0 Å². The highest BCUT2D eigenvalue weighted by Gasteiger charge is 2.20. The molecule has 1 aromatic heterocycles. The lowest BCUT2D eigenvalue weighted by Crippen LogP contribution is -2.35. The molecule has 6 heteroatoms. The topological polar surface area (TPSA) is 77.2 Å². The molecule has 3 N–H and O–H groups in total. The summed E-state index contributed by atoms with van der Waals surface area (Å²) >= 11 is 1.55. The van der Waals surface area contributed by atoms with Crippen LogP contribution < -0.4 is 11.1 Å². The van der Waals surface area contributed by atoms with Crippen molar-refractivity contribution in [2.75, 3.05) is 19.0 Å². The van der Waals surface area contributed by atoms with Gasteiger partial charge in [0, 0.05) is 18.5 Å². The highest BCUT2D eigenvalue weighted by atomic mass is 32.1. The Labute approximate surface area is 98.0 Å². The van der Waals surface area contributed by atoms with Crippen LogP contribution in [0.15, 0.2) is 0 Å². The number of ether oxygens (including phenoxy) is 1. The van der Waals surface area contributed by atoms with Gasteiger partial charge in [0.05, 0.1) is 5.69 Å². The van der Waals surface area contributed by atoms with E-state index < -0.39 is 6.10 Å². The number of methoxy groups -OCH3 is 1. The summed E-state index contributed by atoms with van der Waals surface area (Å²) in [5, 5.41) is 3.39. The normalized spacial score (nSPS) is 15.9. The van der Waals surface area contributed by atoms with Crippen molar-refractivity contribution < 1.29 is 9.53 Å². The quantitative estimate of drug-likeness (QED) is 0.806. The number of aromatic nitrogens is 1. The molecule has 0 saturated carbocycles. The van der Waals surface area contributed by atoms with Gasteiger partial charge in [-0.3, -0.25) is 10.1 Å². The van der Waals surface area contributed by atoms with Crippen molar-refractivity contribution in [2.24, 2.45) is 5.73 Å². The SMILES string of the molecule is COC(CN)C(=O)Nc1nc2c(s1)CCC2. The molecule has 1 amide bonds. The molecule has 0 aromatic carbocycles. The largest absolute Gasteiger partial charge is 0.370 e. The van der Waals surface area contributed by atoms with Gasteiger partial charge < -0.3 is 10.5 Å². The van der Waals surface area contributed by atoms with Gasteiger partial charge in [-0.2, -0.15) is 0 Å². The standard InChI is InChI=1S/C10H15N3O2S/c1-15-7(5-11)9(14)13-10-12-6-3-2-4-8(6)16-10/h7H,2-5,11H2,1H3,(H,12,13,14). The van der Waals surface area contributed by atoms with Crippen LogP contribution >= 0.6 is 11.3 Å². The number of hydrogen-bond donors (Lipinski definition) is 2. The Bertz CT molecular complexity index is 366. The zero-order valence-corrected chi connectivity index (χ0v) is 9.97. The Morgan fingerprint density at radius 1 is 1.69 bits per heavy atom. The second-order valence-electron chi connectivity index (χ2n) is 3.69. The summed E-state index contributed by atoms with van der Waals surface area (Å²) in [6.45, 7) is 0.174. The molecule has 0 bridgehead atoms. The van der Waals surface area contributed by atoms with Gasteiger partial charge in [0.15, 0.2) is 5.13 Å². The third-order valence-electron chi connectivity index (χ3n) is 2.62. The summed E-state index contributed by atoms with van der Waals surface area (Å²) in [5.41, 5.74) is 6.53. The molecule has 88 valence electrons. The molecule has 0 fully saturated rings. The van der Waals surface area contributed by atoms with Crippen LogP contribution in [0, 0.1) is 0 Å². The van der Waals surface area contributed by atoms with E-state index in [-0.39, 0.29) is 12.5 Å². The molecule has 1 unspecified atom stereocenters. The molecule has 1 aliphatic rings. The Hall–Kier alpha value is -0.980. The predicted octanol–water partition coefficient (Wildman–Crippen LogP) is 0.544. The first-order valence-electron chi connectivity index (χ1n) is 5.27. The van der Waals surface area contributed by atoms with Crippen LogP contribution in [-0.4, -0.2) is 30.6 Å². The van der Waals surface area contributed by atoms with Gasteiger partial charge in [-0.25, -0.2) is 4.98 Å². The monoisotopic (exact) mass is 241 g/mol. The fourth-order valence-corrected chi connectivity index (χ4v) is 2.79. The van der Waals surface area contributed by atoms with E-state index in [1.165, 1.54) is 18.4 Å². The average molecular weight is 241 g/mol. The molecule has 1 aliphatic carbocycles. The number of nitrogens with two attached hydrogens (primary N) is 1. The fraction of sp³-hybridized carbons (Fsp3) is 0.600. The molecule has 0 spiro atoms. The summed E-state index contributed by atoms with van der Waals surface area (Å²) in [6, 6.07) is 0. The van der Waals surface area contributed by atoms with Gasteiger partial charge >= 0.3 is 0 Å². The number of carbonyl (C=O) groups excluding carboxylic acids is 1. The minimum absolute atomic E-state index is 0.174. The molecule has 2 rings (SSSR count). The molecular formula is C10H15N3O2S. The van der Waals surface area contributed by atoms with Gasteiger partial charge in [-0.15, -0.1) is 11.3 Å². The van der Waals surface area contributed by atoms with Crippen molar-refractivity contribution in [2.45, 2.75) is 25.4 Å². The lowest BCUT2D eigenvalue weighted by molar-refractivity contribution is -0.125. The Balaban J connectivity index is 2.01. The number of fused-ring (bicyclic) bond motifs is 1. The van der Waals surface area contributed by atoms with Crippen LogP contribution in [-0.2, 0) is 22.4 Å². The van der Waals surface area contributed by atoms with Gasteiger partial charge in [0.25, 0.3) is 5.91 Å². The Morgan fingerprint density at radius 3 is 3.12 bits per heavy atom. The van der Waals surface area contributed by atoms with Crippen molar-refractivity contribution >= 4 is 22.4 Å². The first kappa shape index (κ1) is 11.5. The smallest absolute Gasteiger partial charge is 0.256 e. The third kappa shape index (κ3) is 2.23. The van der Waals surface area contributed by atoms with Crippen molar-refractivity contribution in [3.05, 3.63) is 10.6 Å². The number of carbonyl (C=O) groups is 1. The maximum atomic E-state index is 11.7. The fourth-order valence-electron chi connectivity index (χ4n) is 1.74. The van der Waals surface area contributed by atoms with E-state index in [1.807, 2.05) is 0 Å². The zero-order valence-electron chi connectivity index (χ0n) is 9.16. The summed E-state index contributed by atoms with van der Waals surface area (Å²) < 4.78 is 4.95. The maximum absolute atomic E-state index is 11.7. The van der Waals surface area contributed by atoms with Gasteiger partial charge in [-0.1, -0.05) is 0 Å². The molecule has 1 aromatic rings. The minimum Gasteiger partial charge on any atom is -0.370 e. The van der Waals surface area contributed by atoms with Crippen molar-refractivity contribution in [3.8, 4) is 0 Å². The van der Waals surface area contributed by atoms with Crippen molar-refractivity contribution in [1.82, 2.24) is 4.98 Å². The van der Waals surface area contributed by atoms with E-state index in [0.717, 1.165) is 18.5 Å². The molecular weight excluding hydrogens is 226 g/mol. The third-order valence-corrected chi connectivity index (χ3v) is 3.69. The minimum atomic E-state index is -0.598. The van der Waals surface area contributed by atoms with Gasteiger partial charge in [0.2, 0.25) is 0 Å². The second-order valence-corrected chi connectivity index (χ2v) is 4.78. The number of hydrogen-bond acceptors (Lipinski definition) is 5. The van der Waals surface area contributed by atoms with Crippen LogP contribution in [0.4, 0.5) is 5.13 Å². The summed E-state index contributed by atoms with van der Waals surface area (Å²) in [5.74, 6) is -0.225. The van der Waals surface area contributed by atoms with Crippen molar-refractivity contribution in [3.63, 3.8) is 0 Å². The predicted molar refractivity (Wildman–Crippen MR) is 62.6 cm³/mol. The summed E-state index contributed by atoms with van der Waals surface area (Å²) in [6.07, 6.45) is 2.67. The van der Waals surface area contributed by atoms with Gasteiger partial charge in [0.1, 0.15) is 6.10 Å². The highest BCUT2D eigenvalue weighted by Crippen LogP contribution is 2.30. The number of nitrogens with one attached hydrogen (secondary N) is 1. The number of nitrogens with zero attached hydrogens (tertiary/aromatic N) is 1. The molecule has 0 aliphatic heterocycles. The van der Waals surface area contributed by atoms with Crippen LogP contribution in [0.3, 0.4) is 0 Å². The van der Waals surface area contributed by atoms with Crippen LogP contribution in [0.2, 0.25) is 0 Å². The molecule has 5 nitrogen and oxygen atoms in total. The number of aryl methyl sites for hydroxylation is 2. The first-order valence-corrected chi connectivity index (χ1v) is 6.08. The average Bonchev–Trinajstić information content (AvgIpc) is 2.79. The summed E-state index contributed by atoms with van der Waals surface area (Å²) in [4.78, 5) is 17.3. The number of thiazole rings is 1. The molecule has 0 saturated heterocycles. The van der Waals surface area contributed by atoms with E-state index in [2.05, 4.69) is 10.3 Å². The molecule has 1 atom stereocenters. The maximum Gasteiger partial charge on any atom is 0.256 e. The van der Waals surface area contributed by atoms with E-state index in [0.29, 0.717) is 5.13 Å². The van der Waals surface area contributed by atoms with Gasteiger partial charge in [-0.05, 0) is 19.3 Å². The number of rotatable bonds is 4. The molecule has 1 heterocycles. The van der Waals surface area contributed by atoms with E-state index in [4.69, 9.17) is 10.5 Å². The van der Waals surface area contributed by atoms with Crippen LogP contribution in [0.25, 0.3) is 0 Å². The highest BCUT2D eigenvalue weighted by molar-refractivity contribution is 7.15.